The summed E-state index contributed by atoms with van der Waals surface area (Å²) >= 11 is 0. The van der Waals surface area contributed by atoms with Crippen molar-refractivity contribution in [1.29, 1.82) is 5.26 Å². The number of anilines is 4. The molecule has 0 aliphatic carbocycles. The number of fused-ring (bicyclic) bond motifs is 4. The van der Waals surface area contributed by atoms with Crippen molar-refractivity contribution in [2.45, 2.75) is 76.8 Å². The molecule has 2 atom stereocenters. The van der Waals surface area contributed by atoms with Crippen LogP contribution < -0.4 is 21.3 Å². The van der Waals surface area contributed by atoms with E-state index in [4.69, 9.17) is 21.7 Å². The van der Waals surface area contributed by atoms with E-state index in [1.165, 1.54) is 30.4 Å². The Kier molecular flexibility index (Phi) is 15.4. The number of carbonyl (C=O) groups excluding carboxylic acids is 2. The number of piperidine rings is 2. The van der Waals surface area contributed by atoms with Gasteiger partial charge in [0.15, 0.2) is 11.3 Å². The number of likely N-dealkylation sites (tertiary alicyclic amines) is 2. The molecule has 12 rings (SSSR count). The molecule has 0 bridgehead atoms. The fourth-order valence-corrected chi connectivity index (χ4v) is 11.2. The first-order chi connectivity index (χ1) is 38.3. The Balaban J connectivity index is 0.000000171. The van der Waals surface area contributed by atoms with Crippen LogP contribution in [0.4, 0.5) is 36.2 Å². The van der Waals surface area contributed by atoms with Crippen LogP contribution in [0.25, 0.3) is 44.6 Å². The minimum atomic E-state index is -4.34. The summed E-state index contributed by atoms with van der Waals surface area (Å²) in [5.41, 5.74) is 23.3. The van der Waals surface area contributed by atoms with Gasteiger partial charge in [0, 0.05) is 74.9 Å². The van der Waals surface area contributed by atoms with Crippen LogP contribution in [0.1, 0.15) is 78.1 Å². The number of rotatable bonds is 10. The third-order valence-electron chi connectivity index (χ3n) is 15.0. The van der Waals surface area contributed by atoms with Crippen molar-refractivity contribution in [3.8, 4) is 28.6 Å². The number of nitriles is 1. The fraction of sp³-hybridized carbons (Fsp3) is 0.305. The normalized spacial score (nSPS) is 16.8. The van der Waals surface area contributed by atoms with Crippen molar-refractivity contribution < 1.29 is 22.8 Å². The van der Waals surface area contributed by atoms with Crippen molar-refractivity contribution in [3.63, 3.8) is 0 Å². The minimum absolute atomic E-state index is 0.0438. The van der Waals surface area contributed by atoms with Gasteiger partial charge in [0.25, 0.3) is 0 Å². The van der Waals surface area contributed by atoms with Crippen LogP contribution in [-0.4, -0.2) is 101 Å². The maximum Gasteiger partial charge on any atom is 0.416 e. The van der Waals surface area contributed by atoms with Gasteiger partial charge in [0.2, 0.25) is 12.3 Å². The van der Waals surface area contributed by atoms with Crippen molar-refractivity contribution >= 4 is 57.4 Å². The van der Waals surface area contributed by atoms with Crippen LogP contribution in [0.3, 0.4) is 0 Å². The van der Waals surface area contributed by atoms with Gasteiger partial charge in [-0.1, -0.05) is 67.3 Å². The summed E-state index contributed by atoms with van der Waals surface area (Å²) in [5.74, 6) is 0.625. The first kappa shape index (κ1) is 53.3. The average molecular weight is 1070 g/mol. The van der Waals surface area contributed by atoms with Crippen LogP contribution >= 0.6 is 0 Å². The predicted octanol–water partition coefficient (Wildman–Crippen LogP) is 9.50. The zero-order chi connectivity index (χ0) is 55.4. The van der Waals surface area contributed by atoms with Gasteiger partial charge in [0.1, 0.15) is 35.7 Å². The Morgan fingerprint density at radius 3 is 1.85 bits per heavy atom. The number of nitrogen functional groups attached to an aromatic ring is 2. The molecule has 4 aliphatic heterocycles. The second kappa shape index (κ2) is 22.8. The standard InChI is InChI=1S/C29H28F3N7O.C27H26N8O.C3H6/c1-2-24(40)38-12-3-4-22(16-38)39-28-25(27(33)34-17-35-28)26(36-39)19-7-5-18(6-8-19)15-37-13-11-20-14-21(29(30,31)32)9-10-23(20)37;28-13-20-3-1-5-23-22(20)10-12-34(23)14-18-6-8-19(9-7-18)25-24-26(29)30-16-31-27(24)35(32-25)21-4-2-11-33(15-21)17-36;1-3-2/h2,5-10,14,17,22H,1,3-4,11-13,15-16H2,(H2,33,34,35);1,3,5-9,16-17,21H,2,4,10-12,14-15H2,(H2,29,30,31);3H,1H2,2H3. The Labute approximate surface area is 455 Å². The van der Waals surface area contributed by atoms with Gasteiger partial charge >= 0.3 is 6.18 Å². The number of hydrogen-bond donors (Lipinski definition) is 2. The Bertz CT molecular complexity index is 3610. The molecule has 20 heteroatoms. The van der Waals surface area contributed by atoms with Gasteiger partial charge in [0.05, 0.1) is 40.1 Å². The molecule has 8 heterocycles. The van der Waals surface area contributed by atoms with E-state index in [1.807, 2.05) is 52.7 Å². The lowest BCUT2D eigenvalue weighted by molar-refractivity contribution is -0.137. The number of aromatic nitrogens is 8. The van der Waals surface area contributed by atoms with Gasteiger partial charge in [-0.05, 0) is 104 Å². The molecular weight excluding hydrogens is 1010 g/mol. The molecule has 0 spiro atoms. The highest BCUT2D eigenvalue weighted by Gasteiger charge is 2.33. The van der Waals surface area contributed by atoms with Gasteiger partial charge in [-0.2, -0.15) is 28.6 Å². The fourth-order valence-electron chi connectivity index (χ4n) is 11.2. The summed E-state index contributed by atoms with van der Waals surface area (Å²) < 4.78 is 43.1. The molecule has 2 unspecified atom stereocenters. The van der Waals surface area contributed by atoms with E-state index in [0.717, 1.165) is 120 Å². The van der Waals surface area contributed by atoms with Crippen LogP contribution in [-0.2, 0) is 41.7 Å². The second-order valence-electron chi connectivity index (χ2n) is 20.1. The molecule has 17 nitrogen and oxygen atoms in total. The number of carbonyl (C=O) groups is 2. The number of alkyl halides is 3. The summed E-state index contributed by atoms with van der Waals surface area (Å²) in [6, 6.07) is 28.5. The molecular formula is C59H60F3N15O2. The quantitative estimate of drug-likeness (QED) is 0.0744. The molecule has 79 heavy (non-hydrogen) atoms. The second-order valence-corrected chi connectivity index (χ2v) is 20.1. The molecule has 8 aromatic rings. The van der Waals surface area contributed by atoms with Crippen molar-refractivity contribution in [2.75, 3.05) is 60.5 Å². The van der Waals surface area contributed by atoms with E-state index in [0.29, 0.717) is 73.2 Å². The molecule has 4 aliphatic rings. The first-order valence-electron chi connectivity index (χ1n) is 26.4. The maximum atomic E-state index is 13.1. The zero-order valence-electron chi connectivity index (χ0n) is 43.9. The lowest BCUT2D eigenvalue weighted by Gasteiger charge is -2.32. The van der Waals surface area contributed by atoms with Gasteiger partial charge < -0.3 is 31.1 Å². The number of halogens is 3. The van der Waals surface area contributed by atoms with Crippen LogP contribution in [0.15, 0.2) is 123 Å². The van der Waals surface area contributed by atoms with Gasteiger partial charge in [-0.25, -0.2) is 29.3 Å². The van der Waals surface area contributed by atoms with E-state index < -0.39 is 11.7 Å². The lowest BCUT2D eigenvalue weighted by atomic mass is 10.1. The van der Waals surface area contributed by atoms with Crippen LogP contribution in [0, 0.1) is 11.3 Å². The number of benzene rings is 4. The molecule has 2 fully saturated rings. The third kappa shape index (κ3) is 10.9. The highest BCUT2D eigenvalue weighted by Crippen LogP contribution is 2.39. The summed E-state index contributed by atoms with van der Waals surface area (Å²) in [7, 11) is 0. The molecule has 4 N–H and O–H groups in total. The molecule has 2 saturated heterocycles. The Hall–Kier alpha value is -9.12. The van der Waals surface area contributed by atoms with E-state index in [9.17, 15) is 28.0 Å². The third-order valence-corrected chi connectivity index (χ3v) is 15.0. The maximum absolute atomic E-state index is 13.1. The van der Waals surface area contributed by atoms with Crippen molar-refractivity contribution in [1.82, 2.24) is 49.3 Å². The summed E-state index contributed by atoms with van der Waals surface area (Å²) in [6.07, 6.45) is 7.54. The number of allylic oxidation sites excluding steroid dienone is 1. The smallest absolute Gasteiger partial charge is 0.383 e. The lowest BCUT2D eigenvalue weighted by Crippen LogP contribution is -2.40. The van der Waals surface area contributed by atoms with E-state index in [2.05, 4.69) is 79.3 Å². The Morgan fingerprint density at radius 2 is 1.29 bits per heavy atom. The number of hydrogen-bond acceptors (Lipinski definition) is 13. The summed E-state index contributed by atoms with van der Waals surface area (Å²) in [5, 5.41) is 20.7. The summed E-state index contributed by atoms with van der Waals surface area (Å²) in [6.45, 7) is 14.3. The number of nitrogens with two attached hydrogens (primary N) is 2. The Morgan fingerprint density at radius 1 is 0.734 bits per heavy atom. The zero-order valence-corrected chi connectivity index (χ0v) is 43.9. The van der Waals surface area contributed by atoms with Crippen LogP contribution in [0.2, 0.25) is 0 Å². The average Bonchev–Trinajstić information content (AvgIpc) is 4.41. The first-order valence-corrected chi connectivity index (χ1v) is 26.4. The molecule has 0 saturated carbocycles. The SMILES string of the molecule is C=CC.C=CC(=O)N1CCCC(n2nc(-c3ccc(CN4CCc5cc(C(F)(F)F)ccc54)cc3)c3c(N)ncnc32)C1.N#Cc1cccc2c1CCN2Cc1ccc(-c2nn(C3CCCN(C=O)C3)c3ncnc(N)c23)cc1. The monoisotopic (exact) mass is 1070 g/mol. The van der Waals surface area contributed by atoms with Crippen molar-refractivity contribution in [3.05, 3.63) is 156 Å². The molecule has 4 aromatic heterocycles. The summed E-state index contributed by atoms with van der Waals surface area (Å²) in [4.78, 5) is 49.0. The van der Waals surface area contributed by atoms with Gasteiger partial charge in [-0.15, -0.1) is 6.58 Å². The topological polar surface area (TPSA) is 210 Å². The van der Waals surface area contributed by atoms with Crippen LogP contribution in [0.5, 0.6) is 0 Å². The van der Waals surface area contributed by atoms with E-state index in [1.54, 1.807) is 21.9 Å². The van der Waals surface area contributed by atoms with E-state index >= 15 is 0 Å². The minimum Gasteiger partial charge on any atom is -0.383 e. The van der Waals surface area contributed by atoms with Gasteiger partial charge in [-0.3, -0.25) is 9.59 Å². The highest BCUT2D eigenvalue weighted by atomic mass is 19.4. The molecule has 404 valence electrons. The number of nitrogens with zero attached hydrogens (tertiary/aromatic N) is 13. The molecule has 2 amide bonds. The van der Waals surface area contributed by atoms with E-state index in [-0.39, 0.29) is 18.0 Å². The highest BCUT2D eigenvalue weighted by molar-refractivity contribution is 5.99. The van der Waals surface area contributed by atoms with Crippen molar-refractivity contribution in [2.24, 2.45) is 0 Å². The molecule has 4 aromatic carbocycles. The largest absolute Gasteiger partial charge is 0.416 e. The molecule has 0 radical (unpaired) electrons. The predicted molar refractivity (Wildman–Crippen MR) is 299 cm³/mol. The number of amides is 2.